The highest BCUT2D eigenvalue weighted by molar-refractivity contribution is 5.92. The Morgan fingerprint density at radius 1 is 1.36 bits per heavy atom. The fourth-order valence-electron chi connectivity index (χ4n) is 4.60. The normalized spacial score (nSPS) is 22.4. The minimum Gasteiger partial charge on any atom is -0.503 e. The topological polar surface area (TPSA) is 84.2 Å². The van der Waals surface area contributed by atoms with Crippen LogP contribution >= 0.6 is 0 Å². The number of hydrogen-bond donors (Lipinski definition) is 2. The standard InChI is InChI=1S/C22H25N3O3/c1-23-21(28)19-20(27)18(26)13-25(24-19)14-22(10-4-5-11-22)17-9-8-15-6-2-3-7-16(15)12-17/h2-3,6-7,9,12-13,15,26H,4-5,8,10-11,14H2,1H3,(H,23,28). The number of hydrogen-bond acceptors (Lipinski definition) is 4. The van der Waals surface area contributed by atoms with E-state index in [0.29, 0.717) is 12.5 Å². The fourth-order valence-corrected chi connectivity index (χ4v) is 4.60. The maximum absolute atomic E-state index is 12.1. The van der Waals surface area contributed by atoms with Crippen LogP contribution in [0, 0.1) is 11.3 Å². The highest BCUT2D eigenvalue weighted by atomic mass is 16.3. The number of carbonyl (C=O) groups excluding carboxylic acids is 1. The summed E-state index contributed by atoms with van der Waals surface area (Å²) in [6.07, 6.45) is 19.8. The minimum atomic E-state index is -0.739. The molecule has 1 fully saturated rings. The van der Waals surface area contributed by atoms with E-state index in [4.69, 9.17) is 0 Å². The highest BCUT2D eigenvalue weighted by Crippen LogP contribution is 2.48. The van der Waals surface area contributed by atoms with Crippen molar-refractivity contribution in [3.63, 3.8) is 0 Å². The summed E-state index contributed by atoms with van der Waals surface area (Å²) in [6, 6.07) is 0. The SMILES string of the molecule is CNC(=O)c1nn(CC2(C3=CCC4C=CC=CC4=C3)CCCC2)cc(O)c1=O. The van der Waals surface area contributed by atoms with Gasteiger partial charge in [-0.3, -0.25) is 14.3 Å². The molecule has 1 heterocycles. The number of aromatic hydroxyl groups is 1. The minimum absolute atomic E-state index is 0.0958. The lowest BCUT2D eigenvalue weighted by Gasteiger charge is -2.34. The molecule has 3 aliphatic carbocycles. The third kappa shape index (κ3) is 3.23. The number of nitrogens with zero attached hydrogens (tertiary/aromatic N) is 2. The molecule has 1 aromatic heterocycles. The van der Waals surface area contributed by atoms with E-state index < -0.39 is 17.1 Å². The third-order valence-corrected chi connectivity index (χ3v) is 6.11. The van der Waals surface area contributed by atoms with Gasteiger partial charge in [0.2, 0.25) is 0 Å². The molecule has 0 saturated heterocycles. The predicted octanol–water partition coefficient (Wildman–Crippen LogP) is 2.87. The monoisotopic (exact) mass is 379 g/mol. The van der Waals surface area contributed by atoms with Crippen LogP contribution in [0.25, 0.3) is 0 Å². The largest absolute Gasteiger partial charge is 0.503 e. The van der Waals surface area contributed by atoms with Gasteiger partial charge >= 0.3 is 0 Å². The van der Waals surface area contributed by atoms with Gasteiger partial charge in [0.1, 0.15) is 0 Å². The molecule has 0 radical (unpaired) electrons. The van der Waals surface area contributed by atoms with E-state index in [1.165, 1.54) is 24.4 Å². The Bertz CT molecular complexity index is 975. The zero-order valence-corrected chi connectivity index (χ0v) is 16.0. The molecule has 1 amide bonds. The molecular formula is C22H25N3O3. The van der Waals surface area contributed by atoms with Crippen molar-refractivity contribution in [1.82, 2.24) is 15.1 Å². The zero-order chi connectivity index (χ0) is 19.7. The molecule has 146 valence electrons. The second-order valence-corrected chi connectivity index (χ2v) is 7.85. The van der Waals surface area contributed by atoms with Crippen molar-refractivity contribution in [3.05, 3.63) is 69.7 Å². The summed E-state index contributed by atoms with van der Waals surface area (Å²) in [5, 5.41) is 16.7. The van der Waals surface area contributed by atoms with E-state index in [2.05, 4.69) is 46.9 Å². The lowest BCUT2D eigenvalue weighted by atomic mass is 9.73. The van der Waals surface area contributed by atoms with Crippen LogP contribution in [0.3, 0.4) is 0 Å². The zero-order valence-electron chi connectivity index (χ0n) is 16.0. The Labute approximate surface area is 164 Å². The fraction of sp³-hybridized carbons (Fsp3) is 0.409. The van der Waals surface area contributed by atoms with E-state index in [0.717, 1.165) is 32.1 Å². The molecule has 6 heteroatoms. The van der Waals surface area contributed by atoms with Crippen LogP contribution in [0.15, 0.2) is 58.6 Å². The molecule has 0 spiro atoms. The second kappa shape index (κ2) is 7.26. The molecule has 0 aliphatic heterocycles. The van der Waals surface area contributed by atoms with Crippen molar-refractivity contribution < 1.29 is 9.90 Å². The van der Waals surface area contributed by atoms with Gasteiger partial charge in [-0.1, -0.05) is 49.3 Å². The van der Waals surface area contributed by atoms with Crippen LogP contribution in [0.2, 0.25) is 0 Å². The van der Waals surface area contributed by atoms with E-state index in [1.807, 2.05) is 0 Å². The molecule has 3 aliphatic rings. The Morgan fingerprint density at radius 3 is 2.89 bits per heavy atom. The molecule has 0 bridgehead atoms. The first kappa shape index (κ1) is 18.5. The van der Waals surface area contributed by atoms with Gasteiger partial charge in [-0.2, -0.15) is 5.10 Å². The number of carbonyl (C=O) groups is 1. The van der Waals surface area contributed by atoms with E-state index in [9.17, 15) is 14.7 Å². The van der Waals surface area contributed by atoms with Crippen LogP contribution in [0.1, 0.15) is 42.6 Å². The van der Waals surface area contributed by atoms with Gasteiger partial charge in [-0.15, -0.1) is 0 Å². The molecule has 0 aromatic carbocycles. The molecule has 2 N–H and O–H groups in total. The van der Waals surface area contributed by atoms with Crippen LogP contribution in [-0.4, -0.2) is 27.8 Å². The number of allylic oxidation sites excluding steroid dienone is 8. The predicted molar refractivity (Wildman–Crippen MR) is 107 cm³/mol. The second-order valence-electron chi connectivity index (χ2n) is 7.85. The van der Waals surface area contributed by atoms with Gasteiger partial charge in [-0.25, -0.2) is 0 Å². The van der Waals surface area contributed by atoms with Gasteiger partial charge in [0, 0.05) is 18.4 Å². The van der Waals surface area contributed by atoms with Crippen LogP contribution in [-0.2, 0) is 6.54 Å². The Hall–Kier alpha value is -2.89. The number of aromatic nitrogens is 2. The number of nitrogens with one attached hydrogen (secondary N) is 1. The van der Waals surface area contributed by atoms with Gasteiger partial charge < -0.3 is 10.4 Å². The quantitative estimate of drug-likeness (QED) is 0.843. The summed E-state index contributed by atoms with van der Waals surface area (Å²) >= 11 is 0. The summed E-state index contributed by atoms with van der Waals surface area (Å²) in [5.74, 6) is -0.587. The highest BCUT2D eigenvalue weighted by Gasteiger charge is 2.38. The first-order valence-electron chi connectivity index (χ1n) is 9.82. The van der Waals surface area contributed by atoms with Crippen molar-refractivity contribution in [2.45, 2.75) is 38.6 Å². The molecule has 1 unspecified atom stereocenters. The lowest BCUT2D eigenvalue weighted by Crippen LogP contribution is -2.33. The number of rotatable bonds is 4. The average Bonchev–Trinajstić information content (AvgIpc) is 3.19. The molecule has 1 atom stereocenters. The number of fused-ring (bicyclic) bond motifs is 1. The summed E-state index contributed by atoms with van der Waals surface area (Å²) in [6.45, 7) is 0.532. The van der Waals surface area contributed by atoms with Gasteiger partial charge in [-0.05, 0) is 30.4 Å². The maximum Gasteiger partial charge on any atom is 0.275 e. The van der Waals surface area contributed by atoms with Crippen LogP contribution in [0.4, 0.5) is 0 Å². The van der Waals surface area contributed by atoms with Crippen LogP contribution < -0.4 is 10.7 Å². The summed E-state index contributed by atoms with van der Waals surface area (Å²) in [4.78, 5) is 24.1. The van der Waals surface area contributed by atoms with Crippen molar-refractivity contribution in [2.75, 3.05) is 7.05 Å². The van der Waals surface area contributed by atoms with Crippen molar-refractivity contribution in [2.24, 2.45) is 11.3 Å². The first-order chi connectivity index (χ1) is 13.5. The smallest absolute Gasteiger partial charge is 0.275 e. The molecule has 1 saturated carbocycles. The molecule has 4 rings (SSSR count). The summed E-state index contributed by atoms with van der Waals surface area (Å²) in [7, 11) is 1.44. The molecule has 28 heavy (non-hydrogen) atoms. The molecular weight excluding hydrogens is 354 g/mol. The average molecular weight is 379 g/mol. The molecule has 1 aromatic rings. The Balaban J connectivity index is 1.70. The van der Waals surface area contributed by atoms with Gasteiger partial charge in [0.05, 0.1) is 12.7 Å². The van der Waals surface area contributed by atoms with E-state index in [1.54, 1.807) is 4.68 Å². The first-order valence-corrected chi connectivity index (χ1v) is 9.82. The van der Waals surface area contributed by atoms with Crippen molar-refractivity contribution in [1.29, 1.82) is 0 Å². The van der Waals surface area contributed by atoms with E-state index >= 15 is 0 Å². The summed E-state index contributed by atoms with van der Waals surface area (Å²) < 4.78 is 1.56. The summed E-state index contributed by atoms with van der Waals surface area (Å²) in [5.41, 5.74) is 1.52. The number of amides is 1. The lowest BCUT2D eigenvalue weighted by molar-refractivity contribution is 0.0952. The Morgan fingerprint density at radius 2 is 2.14 bits per heavy atom. The molecule has 6 nitrogen and oxygen atoms in total. The van der Waals surface area contributed by atoms with Crippen LogP contribution in [0.5, 0.6) is 5.75 Å². The Kier molecular flexibility index (Phi) is 4.79. The maximum atomic E-state index is 12.1. The van der Waals surface area contributed by atoms with Crippen molar-refractivity contribution in [3.8, 4) is 5.75 Å². The third-order valence-electron chi connectivity index (χ3n) is 6.11. The van der Waals surface area contributed by atoms with Gasteiger partial charge in [0.15, 0.2) is 11.4 Å². The van der Waals surface area contributed by atoms with E-state index in [-0.39, 0.29) is 11.1 Å². The van der Waals surface area contributed by atoms with Crippen molar-refractivity contribution >= 4 is 5.91 Å². The van der Waals surface area contributed by atoms with Gasteiger partial charge in [0.25, 0.3) is 11.3 Å².